The van der Waals surface area contributed by atoms with E-state index in [1.165, 1.54) is 12.1 Å². The molecule has 0 saturated carbocycles. The minimum atomic E-state index is -0.316. The zero-order chi connectivity index (χ0) is 24.7. The zero-order valence-corrected chi connectivity index (χ0v) is 20.0. The van der Waals surface area contributed by atoms with Crippen LogP contribution in [0.25, 0.3) is 5.69 Å². The van der Waals surface area contributed by atoms with E-state index in [-0.39, 0.29) is 35.9 Å². The third kappa shape index (κ3) is 6.91. The maximum atomic E-state index is 13.0. The number of ether oxygens (including phenoxy) is 1. The Balaban J connectivity index is 1.57. The summed E-state index contributed by atoms with van der Waals surface area (Å²) in [6, 6.07) is 15.3. The van der Waals surface area contributed by atoms with Crippen LogP contribution < -0.4 is 15.4 Å². The molecule has 8 heteroatoms. The molecule has 0 aliphatic heterocycles. The molecule has 0 radical (unpaired) electrons. The molecule has 0 atom stereocenters. The first-order chi connectivity index (χ1) is 16.2. The quantitative estimate of drug-likeness (QED) is 0.477. The maximum absolute atomic E-state index is 13.0. The van der Waals surface area contributed by atoms with Gasteiger partial charge in [-0.3, -0.25) is 9.59 Å². The van der Waals surface area contributed by atoms with Crippen LogP contribution in [0, 0.1) is 5.82 Å². The fourth-order valence-corrected chi connectivity index (χ4v) is 3.26. The summed E-state index contributed by atoms with van der Waals surface area (Å²) in [6.45, 7) is 6.50. The van der Waals surface area contributed by atoms with Crippen molar-refractivity contribution in [1.29, 1.82) is 0 Å². The number of benzene rings is 2. The summed E-state index contributed by atoms with van der Waals surface area (Å²) >= 11 is 0. The number of nitrogens with zero attached hydrogens (tertiary/aromatic N) is 2. The summed E-state index contributed by atoms with van der Waals surface area (Å²) in [5.41, 5.74) is 2.26. The molecule has 0 spiro atoms. The second kappa shape index (κ2) is 11.0. The van der Waals surface area contributed by atoms with Crippen LogP contribution in [0.4, 0.5) is 10.2 Å². The number of rotatable bonds is 9. The molecule has 2 N–H and O–H groups in total. The van der Waals surface area contributed by atoms with Crippen LogP contribution in [0.1, 0.15) is 51.3 Å². The lowest BCUT2D eigenvalue weighted by atomic mass is 9.92. The summed E-state index contributed by atoms with van der Waals surface area (Å²) in [4.78, 5) is 24.7. The van der Waals surface area contributed by atoms with Crippen LogP contribution in [0.5, 0.6) is 5.75 Å². The monoisotopic (exact) mass is 466 g/mol. The summed E-state index contributed by atoms with van der Waals surface area (Å²) in [6.07, 6.45) is 0.825. The van der Waals surface area contributed by atoms with E-state index in [2.05, 4.69) is 31.4 Å². The van der Waals surface area contributed by atoms with Gasteiger partial charge in [0.2, 0.25) is 11.8 Å². The number of hydrogen-bond donors (Lipinski definition) is 2. The first-order valence-electron chi connectivity index (χ1n) is 11.2. The number of amides is 2. The Hall–Kier alpha value is -3.68. The van der Waals surface area contributed by atoms with Crippen molar-refractivity contribution in [3.8, 4) is 11.4 Å². The van der Waals surface area contributed by atoms with Gasteiger partial charge in [-0.25, -0.2) is 9.07 Å². The van der Waals surface area contributed by atoms with Gasteiger partial charge in [-0.15, -0.1) is 0 Å². The number of nitrogens with one attached hydrogen (secondary N) is 2. The van der Waals surface area contributed by atoms with Crippen LogP contribution in [0.2, 0.25) is 0 Å². The molecule has 3 aromatic rings. The Morgan fingerprint density at radius 2 is 1.65 bits per heavy atom. The van der Waals surface area contributed by atoms with E-state index in [9.17, 15) is 14.0 Å². The van der Waals surface area contributed by atoms with Crippen molar-refractivity contribution in [3.05, 3.63) is 71.7 Å². The second-order valence-electron chi connectivity index (χ2n) is 9.08. The van der Waals surface area contributed by atoms with Crippen molar-refractivity contribution in [1.82, 2.24) is 15.1 Å². The maximum Gasteiger partial charge on any atom is 0.225 e. The molecule has 0 saturated heterocycles. The Bertz CT molecular complexity index is 1120. The van der Waals surface area contributed by atoms with E-state index in [1.807, 2.05) is 30.3 Å². The number of methoxy groups -OCH3 is 1. The average molecular weight is 467 g/mol. The highest BCUT2D eigenvalue weighted by Gasteiger charge is 2.21. The SMILES string of the molecule is COc1ccc(-n2nc(C(C)(C)C)cc2NC(=O)CCCC(=O)NCc2ccc(F)cc2)cc1. The van der Waals surface area contributed by atoms with Gasteiger partial charge in [0, 0.05) is 30.9 Å². The molecule has 34 heavy (non-hydrogen) atoms. The Labute approximate surface area is 199 Å². The first kappa shape index (κ1) is 25.0. The highest BCUT2D eigenvalue weighted by molar-refractivity contribution is 5.90. The van der Waals surface area contributed by atoms with Crippen LogP contribution in [-0.2, 0) is 21.5 Å². The van der Waals surface area contributed by atoms with Crippen molar-refractivity contribution in [2.24, 2.45) is 0 Å². The van der Waals surface area contributed by atoms with Crippen molar-refractivity contribution in [2.45, 2.75) is 52.0 Å². The van der Waals surface area contributed by atoms with Gasteiger partial charge in [-0.05, 0) is 48.4 Å². The molecular weight excluding hydrogens is 435 g/mol. The van der Waals surface area contributed by atoms with Gasteiger partial charge in [0.1, 0.15) is 17.4 Å². The van der Waals surface area contributed by atoms with Gasteiger partial charge in [0.25, 0.3) is 0 Å². The third-order valence-corrected chi connectivity index (χ3v) is 5.27. The van der Waals surface area contributed by atoms with Gasteiger partial charge >= 0.3 is 0 Å². The van der Waals surface area contributed by atoms with Crippen LogP contribution >= 0.6 is 0 Å². The highest BCUT2D eigenvalue weighted by Crippen LogP contribution is 2.27. The molecule has 7 nitrogen and oxygen atoms in total. The van der Waals surface area contributed by atoms with Crippen molar-refractivity contribution < 1.29 is 18.7 Å². The number of anilines is 1. The molecular formula is C26H31FN4O3. The molecule has 0 aliphatic carbocycles. The molecule has 0 fully saturated rings. The summed E-state index contributed by atoms with van der Waals surface area (Å²) < 4.78 is 19.9. The minimum absolute atomic E-state index is 0.157. The highest BCUT2D eigenvalue weighted by atomic mass is 19.1. The minimum Gasteiger partial charge on any atom is -0.497 e. The summed E-state index contributed by atoms with van der Waals surface area (Å²) in [5, 5.41) is 10.4. The van der Waals surface area contributed by atoms with E-state index >= 15 is 0 Å². The largest absolute Gasteiger partial charge is 0.497 e. The van der Waals surface area contributed by atoms with Crippen LogP contribution in [0.3, 0.4) is 0 Å². The molecule has 180 valence electrons. The van der Waals surface area contributed by atoms with Crippen molar-refractivity contribution in [2.75, 3.05) is 12.4 Å². The normalized spacial score (nSPS) is 11.2. The Morgan fingerprint density at radius 3 is 2.26 bits per heavy atom. The standard InChI is InChI=1S/C26H31FN4O3/c1-26(2,3)22-16-23(31(30-22)20-12-14-21(34-4)15-13-20)29-25(33)7-5-6-24(32)28-17-18-8-10-19(27)11-9-18/h8-16H,5-7,17H2,1-4H3,(H,28,32)(H,29,33). The number of hydrogen-bond acceptors (Lipinski definition) is 4. The van der Waals surface area contributed by atoms with Gasteiger partial charge in [0.05, 0.1) is 18.5 Å². The van der Waals surface area contributed by atoms with Gasteiger partial charge < -0.3 is 15.4 Å². The predicted octanol–water partition coefficient (Wildman–Crippen LogP) is 4.74. The smallest absolute Gasteiger partial charge is 0.225 e. The van der Waals surface area contributed by atoms with Gasteiger partial charge in [-0.2, -0.15) is 5.10 Å². The third-order valence-electron chi connectivity index (χ3n) is 5.27. The fraction of sp³-hybridized carbons (Fsp3) is 0.346. The molecule has 1 aromatic heterocycles. The van der Waals surface area contributed by atoms with E-state index < -0.39 is 0 Å². The molecule has 2 aromatic carbocycles. The van der Waals surface area contributed by atoms with Crippen LogP contribution in [-0.4, -0.2) is 28.7 Å². The molecule has 3 rings (SSSR count). The molecule has 2 amide bonds. The lowest BCUT2D eigenvalue weighted by molar-refractivity contribution is -0.121. The summed E-state index contributed by atoms with van der Waals surface area (Å²) in [7, 11) is 1.61. The molecule has 1 heterocycles. The Kier molecular flexibility index (Phi) is 8.04. The summed E-state index contributed by atoms with van der Waals surface area (Å²) in [5.74, 6) is 0.636. The number of halogens is 1. The van der Waals surface area contributed by atoms with Gasteiger partial charge in [-0.1, -0.05) is 32.9 Å². The van der Waals surface area contributed by atoms with E-state index in [1.54, 1.807) is 23.9 Å². The van der Waals surface area contributed by atoms with Crippen molar-refractivity contribution in [3.63, 3.8) is 0 Å². The predicted molar refractivity (Wildman–Crippen MR) is 130 cm³/mol. The number of carbonyl (C=O) groups is 2. The zero-order valence-electron chi connectivity index (χ0n) is 20.0. The number of carbonyl (C=O) groups excluding carboxylic acids is 2. The van der Waals surface area contributed by atoms with Gasteiger partial charge in [0.15, 0.2) is 0 Å². The lowest BCUT2D eigenvalue weighted by Crippen LogP contribution is -2.23. The van der Waals surface area contributed by atoms with E-state index in [0.717, 1.165) is 22.7 Å². The van der Waals surface area contributed by atoms with E-state index in [0.29, 0.717) is 18.8 Å². The van der Waals surface area contributed by atoms with E-state index in [4.69, 9.17) is 9.84 Å². The Morgan fingerprint density at radius 1 is 1.00 bits per heavy atom. The lowest BCUT2D eigenvalue weighted by Gasteiger charge is -2.14. The average Bonchev–Trinajstić information content (AvgIpc) is 3.23. The molecule has 0 bridgehead atoms. The fourth-order valence-electron chi connectivity index (χ4n) is 3.26. The van der Waals surface area contributed by atoms with Crippen LogP contribution in [0.15, 0.2) is 54.6 Å². The molecule has 0 aliphatic rings. The number of aromatic nitrogens is 2. The topological polar surface area (TPSA) is 85.2 Å². The molecule has 0 unspecified atom stereocenters. The second-order valence-corrected chi connectivity index (χ2v) is 9.08. The first-order valence-corrected chi connectivity index (χ1v) is 11.2. The van der Waals surface area contributed by atoms with Crippen molar-refractivity contribution >= 4 is 17.6 Å².